The summed E-state index contributed by atoms with van der Waals surface area (Å²) in [4.78, 5) is 23.8. The molecule has 1 aromatic carbocycles. The standard InChI is InChI=1S/C15H17FN4O2.ClH/c16-11-3-5-12(6-4-11)20-14(21)8-7-13(19-20)15(22)18-10-2-1-9-17;/h3-8H,1-2,9-10,17H2,(H,18,22);1H. The van der Waals surface area contributed by atoms with Gasteiger partial charge < -0.3 is 11.1 Å². The van der Waals surface area contributed by atoms with Crippen molar-refractivity contribution < 1.29 is 9.18 Å². The molecule has 0 saturated carbocycles. The zero-order chi connectivity index (χ0) is 15.9. The summed E-state index contributed by atoms with van der Waals surface area (Å²) in [6.45, 7) is 1.07. The first kappa shape index (κ1) is 18.8. The highest BCUT2D eigenvalue weighted by molar-refractivity contribution is 5.92. The topological polar surface area (TPSA) is 90.0 Å². The minimum absolute atomic E-state index is 0. The van der Waals surface area contributed by atoms with Crippen LogP contribution in [0.5, 0.6) is 0 Å². The molecule has 0 atom stereocenters. The van der Waals surface area contributed by atoms with E-state index in [1.54, 1.807) is 0 Å². The van der Waals surface area contributed by atoms with Gasteiger partial charge in [-0.2, -0.15) is 9.78 Å². The normalized spacial score (nSPS) is 10.0. The number of halogens is 2. The Bertz CT molecular complexity index is 703. The Morgan fingerprint density at radius 1 is 1.17 bits per heavy atom. The summed E-state index contributed by atoms with van der Waals surface area (Å²) in [5.74, 6) is -0.779. The van der Waals surface area contributed by atoms with Crippen molar-refractivity contribution in [3.8, 4) is 5.69 Å². The molecule has 2 aromatic rings. The van der Waals surface area contributed by atoms with Crippen LogP contribution in [-0.2, 0) is 0 Å². The lowest BCUT2D eigenvalue weighted by molar-refractivity contribution is 0.0946. The lowest BCUT2D eigenvalue weighted by Gasteiger charge is -2.07. The van der Waals surface area contributed by atoms with E-state index in [1.165, 1.54) is 36.4 Å². The summed E-state index contributed by atoms with van der Waals surface area (Å²) in [6, 6.07) is 7.91. The number of unbranched alkanes of at least 4 members (excludes halogenated alkanes) is 1. The first-order valence-electron chi connectivity index (χ1n) is 6.96. The summed E-state index contributed by atoms with van der Waals surface area (Å²) < 4.78 is 14.0. The van der Waals surface area contributed by atoms with Gasteiger partial charge >= 0.3 is 0 Å². The van der Waals surface area contributed by atoms with E-state index in [0.717, 1.165) is 17.5 Å². The number of hydrogen-bond acceptors (Lipinski definition) is 4. The van der Waals surface area contributed by atoms with Crippen molar-refractivity contribution in [2.45, 2.75) is 12.8 Å². The Kier molecular flexibility index (Phi) is 7.37. The third kappa shape index (κ3) is 5.15. The highest BCUT2D eigenvalue weighted by atomic mass is 35.5. The predicted octanol–water partition coefficient (Wildman–Crippen LogP) is 1.26. The van der Waals surface area contributed by atoms with Crippen LogP contribution in [0.1, 0.15) is 23.3 Å². The molecule has 2 rings (SSSR count). The molecule has 0 saturated heterocycles. The minimum atomic E-state index is -0.411. The summed E-state index contributed by atoms with van der Waals surface area (Å²) in [5, 5.41) is 6.72. The summed E-state index contributed by atoms with van der Waals surface area (Å²) in [7, 11) is 0. The molecule has 1 heterocycles. The number of nitrogens with one attached hydrogen (secondary N) is 1. The molecule has 6 nitrogen and oxygen atoms in total. The number of carbonyl (C=O) groups excluding carboxylic acids is 1. The Labute approximate surface area is 138 Å². The second-order valence-electron chi connectivity index (χ2n) is 4.70. The van der Waals surface area contributed by atoms with Crippen molar-refractivity contribution in [2.75, 3.05) is 13.1 Å². The molecule has 0 aliphatic rings. The number of nitrogens with zero attached hydrogens (tertiary/aromatic N) is 2. The van der Waals surface area contributed by atoms with E-state index in [2.05, 4.69) is 10.4 Å². The highest BCUT2D eigenvalue weighted by Gasteiger charge is 2.10. The largest absolute Gasteiger partial charge is 0.351 e. The Morgan fingerprint density at radius 2 is 1.87 bits per heavy atom. The lowest BCUT2D eigenvalue weighted by Crippen LogP contribution is -2.29. The van der Waals surface area contributed by atoms with Gasteiger partial charge in [-0.15, -0.1) is 12.4 Å². The molecular weight excluding hydrogens is 323 g/mol. The molecule has 124 valence electrons. The van der Waals surface area contributed by atoms with Gasteiger partial charge in [0.25, 0.3) is 11.5 Å². The Hall–Kier alpha value is -2.25. The smallest absolute Gasteiger partial charge is 0.271 e. The number of nitrogens with two attached hydrogens (primary N) is 1. The monoisotopic (exact) mass is 340 g/mol. The van der Waals surface area contributed by atoms with Crippen LogP contribution in [0.15, 0.2) is 41.2 Å². The summed E-state index contributed by atoms with van der Waals surface area (Å²) >= 11 is 0. The van der Waals surface area contributed by atoms with E-state index >= 15 is 0 Å². The van der Waals surface area contributed by atoms with Crippen LogP contribution in [-0.4, -0.2) is 28.8 Å². The van der Waals surface area contributed by atoms with Crippen molar-refractivity contribution >= 4 is 18.3 Å². The van der Waals surface area contributed by atoms with Crippen LogP contribution in [0.25, 0.3) is 5.69 Å². The first-order valence-corrected chi connectivity index (χ1v) is 6.96. The van der Waals surface area contributed by atoms with E-state index in [9.17, 15) is 14.0 Å². The van der Waals surface area contributed by atoms with Crippen molar-refractivity contribution in [2.24, 2.45) is 5.73 Å². The zero-order valence-corrected chi connectivity index (χ0v) is 13.2. The van der Waals surface area contributed by atoms with E-state index < -0.39 is 11.4 Å². The van der Waals surface area contributed by atoms with Gasteiger partial charge in [0, 0.05) is 12.6 Å². The summed E-state index contributed by atoms with van der Waals surface area (Å²) in [5.41, 5.74) is 5.50. The second kappa shape index (κ2) is 9.02. The minimum Gasteiger partial charge on any atom is -0.351 e. The second-order valence-corrected chi connectivity index (χ2v) is 4.70. The van der Waals surface area contributed by atoms with Gasteiger partial charge in [0.05, 0.1) is 5.69 Å². The highest BCUT2D eigenvalue weighted by Crippen LogP contribution is 2.05. The molecule has 3 N–H and O–H groups in total. The van der Waals surface area contributed by atoms with Crippen LogP contribution >= 0.6 is 12.4 Å². The fraction of sp³-hybridized carbons (Fsp3) is 0.267. The molecule has 0 bridgehead atoms. The molecule has 1 amide bonds. The number of carbonyl (C=O) groups is 1. The molecule has 1 aromatic heterocycles. The summed E-state index contributed by atoms with van der Waals surface area (Å²) in [6.07, 6.45) is 1.60. The first-order chi connectivity index (χ1) is 10.6. The van der Waals surface area contributed by atoms with Crippen LogP contribution in [0.3, 0.4) is 0 Å². The molecule has 0 aliphatic heterocycles. The average molecular weight is 341 g/mol. The fourth-order valence-corrected chi connectivity index (χ4v) is 1.86. The van der Waals surface area contributed by atoms with Crippen LogP contribution in [0.4, 0.5) is 4.39 Å². The van der Waals surface area contributed by atoms with Crippen molar-refractivity contribution in [1.82, 2.24) is 15.1 Å². The average Bonchev–Trinajstić information content (AvgIpc) is 2.53. The number of rotatable bonds is 6. The molecule has 0 spiro atoms. The lowest BCUT2D eigenvalue weighted by atomic mass is 10.3. The van der Waals surface area contributed by atoms with Gasteiger partial charge in [-0.3, -0.25) is 9.59 Å². The van der Waals surface area contributed by atoms with Gasteiger partial charge in [-0.1, -0.05) is 0 Å². The predicted molar refractivity (Wildman–Crippen MR) is 87.7 cm³/mol. The van der Waals surface area contributed by atoms with Crippen molar-refractivity contribution in [3.05, 3.63) is 58.3 Å². The maximum absolute atomic E-state index is 12.9. The number of amides is 1. The van der Waals surface area contributed by atoms with Crippen LogP contribution in [0.2, 0.25) is 0 Å². The number of benzene rings is 1. The molecular formula is C15H18ClFN4O2. The third-order valence-electron chi connectivity index (χ3n) is 3.02. The van der Waals surface area contributed by atoms with E-state index in [0.29, 0.717) is 18.8 Å². The van der Waals surface area contributed by atoms with Gasteiger partial charge in [-0.05, 0) is 49.7 Å². The van der Waals surface area contributed by atoms with Gasteiger partial charge in [0.15, 0.2) is 0 Å². The van der Waals surface area contributed by atoms with Gasteiger partial charge in [0.1, 0.15) is 11.5 Å². The molecule has 23 heavy (non-hydrogen) atoms. The Balaban J connectivity index is 0.00000264. The quantitative estimate of drug-likeness (QED) is 0.775. The molecule has 0 fully saturated rings. The van der Waals surface area contributed by atoms with Crippen molar-refractivity contribution in [1.29, 1.82) is 0 Å². The third-order valence-corrected chi connectivity index (χ3v) is 3.02. The molecule has 8 heteroatoms. The molecule has 0 aliphatic carbocycles. The van der Waals surface area contributed by atoms with Gasteiger partial charge in [0.2, 0.25) is 0 Å². The van der Waals surface area contributed by atoms with E-state index in [-0.39, 0.29) is 24.0 Å². The maximum Gasteiger partial charge on any atom is 0.271 e. The fourth-order valence-electron chi connectivity index (χ4n) is 1.86. The maximum atomic E-state index is 12.9. The van der Waals surface area contributed by atoms with Crippen LogP contribution < -0.4 is 16.6 Å². The SMILES string of the molecule is Cl.NCCCCNC(=O)c1ccc(=O)n(-c2ccc(F)cc2)n1. The molecule has 0 radical (unpaired) electrons. The Morgan fingerprint density at radius 3 is 2.52 bits per heavy atom. The van der Waals surface area contributed by atoms with Crippen molar-refractivity contribution in [3.63, 3.8) is 0 Å². The van der Waals surface area contributed by atoms with Gasteiger partial charge in [-0.25, -0.2) is 4.39 Å². The van der Waals surface area contributed by atoms with E-state index in [4.69, 9.17) is 5.73 Å². The number of hydrogen-bond donors (Lipinski definition) is 2. The van der Waals surface area contributed by atoms with E-state index in [1.807, 2.05) is 0 Å². The zero-order valence-electron chi connectivity index (χ0n) is 12.4. The molecule has 0 unspecified atom stereocenters. The van der Waals surface area contributed by atoms with Crippen LogP contribution in [0, 0.1) is 5.82 Å². The number of aromatic nitrogens is 2.